The van der Waals surface area contributed by atoms with Crippen LogP contribution in [-0.4, -0.2) is 25.7 Å². The van der Waals surface area contributed by atoms with E-state index in [1.165, 1.54) is 0 Å². The van der Waals surface area contributed by atoms with E-state index in [2.05, 4.69) is 19.2 Å². The molecule has 0 bridgehead atoms. The number of carbonyl (C=O) groups is 1. The normalized spacial score (nSPS) is 18.0. The third kappa shape index (κ3) is 2.93. The predicted octanol–water partition coefficient (Wildman–Crippen LogP) is 1.08. The zero-order valence-electron chi connectivity index (χ0n) is 9.38. The molecule has 0 aromatic rings. The minimum atomic E-state index is -0.905. The van der Waals surface area contributed by atoms with E-state index in [1.54, 1.807) is 0 Å². The highest BCUT2D eigenvalue weighted by atomic mass is 16.5. The summed E-state index contributed by atoms with van der Waals surface area (Å²) in [6, 6.07) is 2.03. The minimum Gasteiger partial charge on any atom is -0.377 e. The first-order valence-electron chi connectivity index (χ1n) is 5.38. The van der Waals surface area contributed by atoms with E-state index in [4.69, 9.17) is 10.00 Å². The van der Waals surface area contributed by atoms with Crippen molar-refractivity contribution in [2.24, 2.45) is 11.3 Å². The minimum absolute atomic E-state index is 0.181. The lowest BCUT2D eigenvalue weighted by atomic mass is 9.87. The van der Waals surface area contributed by atoms with E-state index >= 15 is 0 Å². The molecule has 0 aliphatic carbocycles. The van der Waals surface area contributed by atoms with Gasteiger partial charge in [-0.2, -0.15) is 5.26 Å². The maximum absolute atomic E-state index is 11.6. The number of rotatable bonds is 5. The average Bonchev–Trinajstić information content (AvgIpc) is 2.11. The maximum Gasteiger partial charge on any atom is 0.245 e. The largest absolute Gasteiger partial charge is 0.377 e. The maximum atomic E-state index is 11.6. The van der Waals surface area contributed by atoms with Crippen LogP contribution in [0.4, 0.5) is 0 Å². The van der Waals surface area contributed by atoms with E-state index in [1.807, 2.05) is 6.07 Å². The fourth-order valence-corrected chi connectivity index (χ4v) is 1.43. The lowest BCUT2D eigenvalue weighted by molar-refractivity contribution is -0.150. The number of nitrogens with zero attached hydrogens (tertiary/aromatic N) is 1. The third-order valence-corrected chi connectivity index (χ3v) is 2.59. The Hall–Kier alpha value is -1.08. The molecule has 4 heteroatoms. The molecule has 1 aliphatic heterocycles. The highest BCUT2D eigenvalue weighted by Crippen LogP contribution is 2.26. The fraction of sp³-hybridized carbons (Fsp3) is 0.818. The second kappa shape index (κ2) is 5.13. The van der Waals surface area contributed by atoms with Crippen LogP contribution < -0.4 is 5.32 Å². The van der Waals surface area contributed by atoms with Gasteiger partial charge >= 0.3 is 0 Å². The van der Waals surface area contributed by atoms with E-state index < -0.39 is 5.41 Å². The summed E-state index contributed by atoms with van der Waals surface area (Å²) in [6.07, 6.45) is 2.06. The zero-order valence-corrected chi connectivity index (χ0v) is 9.38. The van der Waals surface area contributed by atoms with E-state index in [-0.39, 0.29) is 19.1 Å². The highest BCUT2D eigenvalue weighted by Gasteiger charge is 2.46. The van der Waals surface area contributed by atoms with Crippen molar-refractivity contribution in [3.63, 3.8) is 0 Å². The van der Waals surface area contributed by atoms with Crippen LogP contribution in [0.5, 0.6) is 0 Å². The summed E-state index contributed by atoms with van der Waals surface area (Å²) in [5.74, 6) is 0.471. The van der Waals surface area contributed by atoms with Crippen LogP contribution >= 0.6 is 0 Å². The van der Waals surface area contributed by atoms with Gasteiger partial charge in [-0.25, -0.2) is 0 Å². The predicted molar refractivity (Wildman–Crippen MR) is 55.9 cm³/mol. The number of hydrogen-bond donors (Lipinski definition) is 1. The van der Waals surface area contributed by atoms with Crippen LogP contribution in [0.3, 0.4) is 0 Å². The summed E-state index contributed by atoms with van der Waals surface area (Å²) in [6.45, 7) is 5.43. The molecule has 1 fully saturated rings. The standard InChI is InChI=1S/C11H18N2O2/c1-9(2)4-3-5-13-10(14)11(6-12)7-15-8-11/h9H,3-5,7-8H2,1-2H3,(H,13,14). The van der Waals surface area contributed by atoms with Crippen molar-refractivity contribution >= 4 is 5.91 Å². The van der Waals surface area contributed by atoms with Crippen molar-refractivity contribution in [3.8, 4) is 6.07 Å². The van der Waals surface area contributed by atoms with Gasteiger partial charge in [0.05, 0.1) is 19.3 Å². The van der Waals surface area contributed by atoms with Gasteiger partial charge in [-0.1, -0.05) is 13.8 Å². The average molecular weight is 210 g/mol. The van der Waals surface area contributed by atoms with Crippen LogP contribution in [0.1, 0.15) is 26.7 Å². The Bertz CT molecular complexity index is 264. The van der Waals surface area contributed by atoms with Gasteiger partial charge in [0.25, 0.3) is 0 Å². The molecule has 1 aliphatic rings. The number of amides is 1. The molecule has 0 spiro atoms. The molecule has 0 saturated carbocycles. The van der Waals surface area contributed by atoms with Crippen molar-refractivity contribution in [2.75, 3.05) is 19.8 Å². The monoisotopic (exact) mass is 210 g/mol. The lowest BCUT2D eigenvalue weighted by Crippen LogP contribution is -2.53. The Morgan fingerprint density at radius 3 is 2.67 bits per heavy atom. The summed E-state index contributed by atoms with van der Waals surface area (Å²) < 4.78 is 4.91. The van der Waals surface area contributed by atoms with Crippen LogP contribution in [0.2, 0.25) is 0 Å². The Kier molecular flexibility index (Phi) is 4.10. The molecule has 15 heavy (non-hydrogen) atoms. The molecule has 0 aromatic carbocycles. The van der Waals surface area contributed by atoms with Gasteiger partial charge in [0.2, 0.25) is 5.91 Å². The zero-order chi connectivity index (χ0) is 11.3. The molecule has 1 amide bonds. The van der Waals surface area contributed by atoms with Crippen molar-refractivity contribution in [1.82, 2.24) is 5.32 Å². The van der Waals surface area contributed by atoms with Crippen LogP contribution in [0, 0.1) is 22.7 Å². The van der Waals surface area contributed by atoms with Crippen LogP contribution in [0.25, 0.3) is 0 Å². The van der Waals surface area contributed by atoms with Crippen molar-refractivity contribution in [1.29, 1.82) is 5.26 Å². The molecular formula is C11H18N2O2. The number of hydrogen-bond acceptors (Lipinski definition) is 3. The Morgan fingerprint density at radius 1 is 1.60 bits per heavy atom. The van der Waals surface area contributed by atoms with Crippen LogP contribution in [0.15, 0.2) is 0 Å². The molecule has 84 valence electrons. The van der Waals surface area contributed by atoms with Crippen LogP contribution in [-0.2, 0) is 9.53 Å². The van der Waals surface area contributed by atoms with Gasteiger partial charge < -0.3 is 10.1 Å². The van der Waals surface area contributed by atoms with Gasteiger partial charge in [-0.15, -0.1) is 0 Å². The SMILES string of the molecule is CC(C)CCCNC(=O)C1(C#N)COC1. The summed E-state index contributed by atoms with van der Waals surface area (Å²) in [4.78, 5) is 11.6. The fourth-order valence-electron chi connectivity index (χ4n) is 1.43. The second-order valence-corrected chi connectivity index (χ2v) is 4.48. The molecule has 4 nitrogen and oxygen atoms in total. The molecule has 1 rings (SSSR count). The molecule has 1 N–H and O–H groups in total. The van der Waals surface area contributed by atoms with E-state index in [9.17, 15) is 4.79 Å². The van der Waals surface area contributed by atoms with Gasteiger partial charge in [0.15, 0.2) is 5.41 Å². The lowest BCUT2D eigenvalue weighted by Gasteiger charge is -2.33. The molecular weight excluding hydrogens is 192 g/mol. The molecule has 0 atom stereocenters. The van der Waals surface area contributed by atoms with Gasteiger partial charge in [-0.05, 0) is 18.8 Å². The van der Waals surface area contributed by atoms with Crippen molar-refractivity contribution in [2.45, 2.75) is 26.7 Å². The summed E-state index contributed by atoms with van der Waals surface area (Å²) in [7, 11) is 0. The molecule has 0 radical (unpaired) electrons. The van der Waals surface area contributed by atoms with Gasteiger partial charge in [0, 0.05) is 6.54 Å². The molecule has 1 heterocycles. The second-order valence-electron chi connectivity index (χ2n) is 4.48. The molecule has 0 aromatic heterocycles. The van der Waals surface area contributed by atoms with Gasteiger partial charge in [-0.3, -0.25) is 4.79 Å². The topological polar surface area (TPSA) is 62.1 Å². The van der Waals surface area contributed by atoms with E-state index in [0.29, 0.717) is 12.5 Å². The Morgan fingerprint density at radius 2 is 2.27 bits per heavy atom. The van der Waals surface area contributed by atoms with Gasteiger partial charge in [0.1, 0.15) is 0 Å². The number of nitriles is 1. The smallest absolute Gasteiger partial charge is 0.245 e. The third-order valence-electron chi connectivity index (χ3n) is 2.59. The molecule has 0 unspecified atom stereocenters. The first-order chi connectivity index (χ1) is 7.10. The first-order valence-corrected chi connectivity index (χ1v) is 5.38. The summed E-state index contributed by atoms with van der Waals surface area (Å²) in [5.41, 5.74) is -0.905. The van der Waals surface area contributed by atoms with Crippen molar-refractivity contribution < 1.29 is 9.53 Å². The number of ether oxygens (including phenoxy) is 1. The number of nitrogens with one attached hydrogen (secondary N) is 1. The first kappa shape index (κ1) is 12.0. The van der Waals surface area contributed by atoms with Crippen molar-refractivity contribution in [3.05, 3.63) is 0 Å². The van der Waals surface area contributed by atoms with E-state index in [0.717, 1.165) is 12.8 Å². The number of carbonyl (C=O) groups excluding carboxylic acids is 1. The Balaban J connectivity index is 2.22. The quantitative estimate of drug-likeness (QED) is 0.691. The molecule has 1 saturated heterocycles. The summed E-state index contributed by atoms with van der Waals surface area (Å²) in [5, 5.41) is 11.7. The Labute approximate surface area is 90.6 Å². The summed E-state index contributed by atoms with van der Waals surface area (Å²) >= 11 is 0. The highest BCUT2D eigenvalue weighted by molar-refractivity contribution is 5.86.